The van der Waals surface area contributed by atoms with E-state index in [0.29, 0.717) is 13.2 Å². The molecule has 0 bridgehead atoms. The first-order valence-corrected chi connectivity index (χ1v) is 7.02. The van der Waals surface area contributed by atoms with Crippen molar-refractivity contribution in [1.82, 2.24) is 4.98 Å². The lowest BCUT2D eigenvalue weighted by molar-refractivity contribution is 0.0546. The topological polar surface area (TPSA) is 42.1 Å². The molecule has 2 aromatic rings. The van der Waals surface area contributed by atoms with Crippen molar-refractivity contribution in [1.29, 1.82) is 0 Å². The summed E-state index contributed by atoms with van der Waals surface area (Å²) in [5.74, 6) is 0.390. The predicted molar refractivity (Wildman–Crippen MR) is 75.6 cm³/mol. The third kappa shape index (κ3) is 2.19. The summed E-state index contributed by atoms with van der Waals surface area (Å²) in [4.78, 5) is 15.9. The monoisotopic (exact) mass is 257 g/mol. The second-order valence-electron chi connectivity index (χ2n) is 5.15. The zero-order valence-corrected chi connectivity index (χ0v) is 11.2. The molecule has 1 N–H and O–H groups in total. The number of carbonyl (C=O) groups is 1. The SMILES string of the molecule is CCc1cccc2c(C(=O)C3CCOCC3)c[nH]c12. The van der Waals surface area contributed by atoms with Crippen molar-refractivity contribution in [3.8, 4) is 0 Å². The van der Waals surface area contributed by atoms with Gasteiger partial charge in [0.05, 0.1) is 0 Å². The minimum atomic E-state index is 0.123. The molecule has 19 heavy (non-hydrogen) atoms. The van der Waals surface area contributed by atoms with E-state index in [4.69, 9.17) is 4.74 Å². The van der Waals surface area contributed by atoms with Gasteiger partial charge in [0.1, 0.15) is 0 Å². The molecule has 0 aliphatic carbocycles. The van der Waals surface area contributed by atoms with E-state index in [-0.39, 0.29) is 11.7 Å². The van der Waals surface area contributed by atoms with Gasteiger partial charge in [0.15, 0.2) is 5.78 Å². The van der Waals surface area contributed by atoms with E-state index in [1.807, 2.05) is 18.3 Å². The van der Waals surface area contributed by atoms with Crippen molar-refractivity contribution in [3.63, 3.8) is 0 Å². The lowest BCUT2D eigenvalue weighted by Crippen LogP contribution is -2.23. The van der Waals surface area contributed by atoms with Crippen LogP contribution in [0, 0.1) is 5.92 Å². The summed E-state index contributed by atoms with van der Waals surface area (Å²) in [5.41, 5.74) is 3.22. The summed E-state index contributed by atoms with van der Waals surface area (Å²) in [7, 11) is 0. The zero-order chi connectivity index (χ0) is 13.2. The fourth-order valence-electron chi connectivity index (χ4n) is 2.90. The maximum atomic E-state index is 12.6. The number of carbonyl (C=O) groups excluding carboxylic acids is 1. The van der Waals surface area contributed by atoms with Gasteiger partial charge in [-0.25, -0.2) is 0 Å². The van der Waals surface area contributed by atoms with Gasteiger partial charge < -0.3 is 9.72 Å². The van der Waals surface area contributed by atoms with Crippen LogP contribution in [0.3, 0.4) is 0 Å². The normalized spacial score (nSPS) is 16.9. The van der Waals surface area contributed by atoms with Crippen molar-refractivity contribution in [2.45, 2.75) is 26.2 Å². The summed E-state index contributed by atoms with van der Waals surface area (Å²) in [6, 6.07) is 6.19. The molecule has 0 saturated carbocycles. The van der Waals surface area contributed by atoms with Gasteiger partial charge in [-0.15, -0.1) is 0 Å². The maximum Gasteiger partial charge on any atom is 0.168 e. The van der Waals surface area contributed by atoms with E-state index in [0.717, 1.165) is 35.7 Å². The molecular formula is C16H19NO2. The number of aryl methyl sites for hydroxylation is 1. The summed E-state index contributed by atoms with van der Waals surface area (Å²) >= 11 is 0. The van der Waals surface area contributed by atoms with Gasteiger partial charge in [0.2, 0.25) is 0 Å². The number of aromatic nitrogens is 1. The van der Waals surface area contributed by atoms with Crippen LogP contribution in [0.5, 0.6) is 0 Å². The minimum Gasteiger partial charge on any atom is -0.381 e. The van der Waals surface area contributed by atoms with Crippen molar-refractivity contribution < 1.29 is 9.53 Å². The third-order valence-electron chi connectivity index (χ3n) is 4.04. The Morgan fingerprint density at radius 2 is 2.16 bits per heavy atom. The highest BCUT2D eigenvalue weighted by Gasteiger charge is 2.24. The maximum absolute atomic E-state index is 12.6. The first-order valence-electron chi connectivity index (χ1n) is 7.02. The Hall–Kier alpha value is -1.61. The van der Waals surface area contributed by atoms with Gasteiger partial charge in [-0.2, -0.15) is 0 Å². The molecule has 1 fully saturated rings. The fourth-order valence-corrected chi connectivity index (χ4v) is 2.90. The average Bonchev–Trinajstić information content (AvgIpc) is 2.91. The largest absolute Gasteiger partial charge is 0.381 e. The van der Waals surface area contributed by atoms with Gasteiger partial charge in [0, 0.05) is 41.8 Å². The number of fused-ring (bicyclic) bond motifs is 1. The fraction of sp³-hybridized carbons (Fsp3) is 0.438. The number of H-pyrrole nitrogens is 1. The van der Waals surface area contributed by atoms with Gasteiger partial charge in [0.25, 0.3) is 0 Å². The summed E-state index contributed by atoms with van der Waals surface area (Å²) in [6.07, 6.45) is 4.54. The van der Waals surface area contributed by atoms with Crippen molar-refractivity contribution in [2.75, 3.05) is 13.2 Å². The van der Waals surface area contributed by atoms with Crippen molar-refractivity contribution >= 4 is 16.7 Å². The van der Waals surface area contributed by atoms with Crippen LogP contribution in [0.15, 0.2) is 24.4 Å². The van der Waals surface area contributed by atoms with Gasteiger partial charge in [-0.3, -0.25) is 4.79 Å². The first kappa shape index (κ1) is 12.4. The zero-order valence-electron chi connectivity index (χ0n) is 11.2. The number of rotatable bonds is 3. The summed E-state index contributed by atoms with van der Waals surface area (Å²) < 4.78 is 5.33. The van der Waals surface area contributed by atoms with E-state index in [1.54, 1.807) is 0 Å². The number of ether oxygens (including phenoxy) is 1. The minimum absolute atomic E-state index is 0.123. The van der Waals surface area contributed by atoms with E-state index in [2.05, 4.69) is 18.0 Å². The van der Waals surface area contributed by atoms with E-state index < -0.39 is 0 Å². The number of Topliss-reactive ketones (excluding diaryl/α,β-unsaturated/α-hetero) is 1. The number of benzene rings is 1. The van der Waals surface area contributed by atoms with Crippen molar-refractivity contribution in [3.05, 3.63) is 35.5 Å². The highest BCUT2D eigenvalue weighted by Crippen LogP contribution is 2.27. The Kier molecular flexibility index (Phi) is 3.38. The highest BCUT2D eigenvalue weighted by molar-refractivity contribution is 6.09. The van der Waals surface area contributed by atoms with Crippen LogP contribution in [-0.4, -0.2) is 24.0 Å². The number of para-hydroxylation sites is 1. The lowest BCUT2D eigenvalue weighted by Gasteiger charge is -2.20. The van der Waals surface area contributed by atoms with Gasteiger partial charge >= 0.3 is 0 Å². The number of aromatic amines is 1. The second-order valence-corrected chi connectivity index (χ2v) is 5.15. The molecule has 1 aromatic carbocycles. The van der Waals surface area contributed by atoms with Crippen LogP contribution < -0.4 is 0 Å². The molecule has 1 aliphatic rings. The first-order chi connectivity index (χ1) is 9.31. The Bertz CT molecular complexity index is 594. The molecule has 0 amide bonds. The molecule has 1 aromatic heterocycles. The quantitative estimate of drug-likeness (QED) is 0.857. The Labute approximate surface area is 113 Å². The van der Waals surface area contributed by atoms with Crippen molar-refractivity contribution in [2.24, 2.45) is 5.92 Å². The van der Waals surface area contributed by atoms with E-state index in [1.165, 1.54) is 5.56 Å². The smallest absolute Gasteiger partial charge is 0.168 e. The lowest BCUT2D eigenvalue weighted by atomic mass is 9.90. The van der Waals surface area contributed by atoms with Gasteiger partial charge in [-0.1, -0.05) is 25.1 Å². The molecule has 1 saturated heterocycles. The number of hydrogen-bond acceptors (Lipinski definition) is 2. The molecule has 3 nitrogen and oxygen atoms in total. The van der Waals surface area contributed by atoms with Crippen LogP contribution in [0.2, 0.25) is 0 Å². The second kappa shape index (κ2) is 5.17. The standard InChI is InChI=1S/C16H19NO2/c1-2-11-4-3-5-13-14(10-17-15(11)13)16(18)12-6-8-19-9-7-12/h3-5,10,12,17H,2,6-9H2,1H3. The molecule has 0 spiro atoms. The Morgan fingerprint density at radius 1 is 1.37 bits per heavy atom. The molecule has 3 rings (SSSR count). The summed E-state index contributed by atoms with van der Waals surface area (Å²) in [5, 5.41) is 1.07. The number of ketones is 1. The third-order valence-corrected chi connectivity index (χ3v) is 4.04. The summed E-state index contributed by atoms with van der Waals surface area (Å²) in [6.45, 7) is 3.55. The van der Waals surface area contributed by atoms with Gasteiger partial charge in [-0.05, 0) is 24.8 Å². The Morgan fingerprint density at radius 3 is 2.89 bits per heavy atom. The van der Waals surface area contributed by atoms with Crippen LogP contribution >= 0.6 is 0 Å². The van der Waals surface area contributed by atoms with Crippen LogP contribution in [0.4, 0.5) is 0 Å². The number of nitrogens with one attached hydrogen (secondary N) is 1. The predicted octanol–water partition coefficient (Wildman–Crippen LogP) is 3.34. The van der Waals surface area contributed by atoms with E-state index in [9.17, 15) is 4.79 Å². The molecular weight excluding hydrogens is 238 g/mol. The average molecular weight is 257 g/mol. The Balaban J connectivity index is 1.98. The number of hydrogen-bond donors (Lipinski definition) is 1. The highest BCUT2D eigenvalue weighted by atomic mass is 16.5. The molecule has 0 unspecified atom stereocenters. The molecule has 0 atom stereocenters. The molecule has 3 heteroatoms. The molecule has 2 heterocycles. The van der Waals surface area contributed by atoms with E-state index >= 15 is 0 Å². The molecule has 100 valence electrons. The van der Waals surface area contributed by atoms with Crippen LogP contribution in [0.1, 0.15) is 35.7 Å². The molecule has 1 aliphatic heterocycles. The molecule has 0 radical (unpaired) electrons. The van der Waals surface area contributed by atoms with Crippen LogP contribution in [0.25, 0.3) is 10.9 Å². The van der Waals surface area contributed by atoms with Crippen LogP contribution in [-0.2, 0) is 11.2 Å².